The van der Waals surface area contributed by atoms with Crippen molar-refractivity contribution in [2.45, 2.75) is 25.9 Å². The molecule has 1 nitrogen and oxygen atoms in total. The van der Waals surface area contributed by atoms with E-state index in [-0.39, 0.29) is 5.60 Å². The summed E-state index contributed by atoms with van der Waals surface area (Å²) >= 11 is 0. The third kappa shape index (κ3) is 1.74. The van der Waals surface area contributed by atoms with Crippen LogP contribution in [0.4, 0.5) is 0 Å². The van der Waals surface area contributed by atoms with E-state index in [2.05, 4.69) is 19.9 Å². The van der Waals surface area contributed by atoms with E-state index in [1.807, 2.05) is 30.3 Å². The van der Waals surface area contributed by atoms with Crippen LogP contribution in [0.5, 0.6) is 5.75 Å². The zero-order valence-electron chi connectivity index (χ0n) is 8.00. The molecule has 1 heteroatoms. The third-order valence-electron chi connectivity index (χ3n) is 2.09. The van der Waals surface area contributed by atoms with E-state index in [4.69, 9.17) is 4.74 Å². The predicted octanol–water partition coefficient (Wildman–Crippen LogP) is 3.06. The average molecular weight is 173 g/mol. The van der Waals surface area contributed by atoms with Crippen molar-refractivity contribution in [2.75, 3.05) is 0 Å². The summed E-state index contributed by atoms with van der Waals surface area (Å²) in [6, 6.07) is 8.05. The molecule has 0 fully saturated rings. The molecule has 0 N–H and O–H groups in total. The van der Waals surface area contributed by atoms with Gasteiger partial charge in [0.15, 0.2) is 0 Å². The highest BCUT2D eigenvalue weighted by molar-refractivity contribution is 5.56. The van der Waals surface area contributed by atoms with Gasteiger partial charge in [0.05, 0.1) is 0 Å². The van der Waals surface area contributed by atoms with Crippen LogP contribution in [0.2, 0.25) is 0 Å². The van der Waals surface area contributed by atoms with Crippen molar-refractivity contribution >= 4 is 6.08 Å². The molecule has 2 rings (SSSR count). The largest absolute Gasteiger partial charge is 0.487 e. The zero-order chi connectivity index (χ0) is 9.31. The smallest absolute Gasteiger partial charge is 0.127 e. The second kappa shape index (κ2) is 2.91. The molecule has 1 aliphatic heterocycles. The Hall–Kier alpha value is -1.24. The maximum absolute atomic E-state index is 5.85. The Morgan fingerprint density at radius 3 is 2.92 bits per heavy atom. The summed E-state index contributed by atoms with van der Waals surface area (Å²) in [7, 11) is 0. The average Bonchev–Trinajstić information content (AvgIpc) is 2.21. The molecular formula is C12H13O. The Morgan fingerprint density at radius 2 is 2.08 bits per heavy atom. The van der Waals surface area contributed by atoms with Crippen LogP contribution in [0, 0.1) is 6.08 Å². The van der Waals surface area contributed by atoms with Gasteiger partial charge in [0.25, 0.3) is 0 Å². The monoisotopic (exact) mass is 173 g/mol. The SMILES string of the molecule is CC1(C)C[C]=Cc2ccccc2O1. The third-order valence-corrected chi connectivity index (χ3v) is 2.09. The molecule has 1 aliphatic rings. The van der Waals surface area contributed by atoms with Gasteiger partial charge in [0.1, 0.15) is 11.4 Å². The minimum atomic E-state index is -0.136. The topological polar surface area (TPSA) is 9.23 Å². The van der Waals surface area contributed by atoms with Gasteiger partial charge in [-0.25, -0.2) is 0 Å². The summed E-state index contributed by atoms with van der Waals surface area (Å²) in [4.78, 5) is 0. The Kier molecular flexibility index (Phi) is 1.87. The Bertz CT molecular complexity index is 337. The highest BCUT2D eigenvalue weighted by Gasteiger charge is 2.21. The van der Waals surface area contributed by atoms with Crippen LogP contribution in [-0.4, -0.2) is 5.60 Å². The molecular weight excluding hydrogens is 160 g/mol. The van der Waals surface area contributed by atoms with Gasteiger partial charge >= 0.3 is 0 Å². The first-order valence-electron chi connectivity index (χ1n) is 4.52. The predicted molar refractivity (Wildman–Crippen MR) is 53.5 cm³/mol. The van der Waals surface area contributed by atoms with Crippen LogP contribution < -0.4 is 4.74 Å². The maximum Gasteiger partial charge on any atom is 0.127 e. The lowest BCUT2D eigenvalue weighted by Gasteiger charge is -2.24. The van der Waals surface area contributed by atoms with Crippen molar-refractivity contribution in [1.29, 1.82) is 0 Å². The molecule has 1 radical (unpaired) electrons. The minimum absolute atomic E-state index is 0.136. The number of para-hydroxylation sites is 1. The first-order valence-corrected chi connectivity index (χ1v) is 4.52. The van der Waals surface area contributed by atoms with Crippen LogP contribution in [0.15, 0.2) is 24.3 Å². The Labute approximate surface area is 79.0 Å². The number of benzene rings is 1. The fourth-order valence-electron chi connectivity index (χ4n) is 1.43. The van der Waals surface area contributed by atoms with Crippen LogP contribution in [0.3, 0.4) is 0 Å². The van der Waals surface area contributed by atoms with Gasteiger partial charge in [-0.05, 0) is 32.1 Å². The van der Waals surface area contributed by atoms with Crippen molar-refractivity contribution < 1.29 is 4.74 Å². The van der Waals surface area contributed by atoms with E-state index in [0.29, 0.717) is 0 Å². The molecule has 0 atom stereocenters. The van der Waals surface area contributed by atoms with Gasteiger partial charge in [0.2, 0.25) is 0 Å². The molecule has 1 aromatic rings. The fourth-order valence-corrected chi connectivity index (χ4v) is 1.43. The van der Waals surface area contributed by atoms with E-state index in [1.165, 1.54) is 0 Å². The zero-order valence-corrected chi connectivity index (χ0v) is 8.00. The highest BCUT2D eigenvalue weighted by atomic mass is 16.5. The lowest BCUT2D eigenvalue weighted by atomic mass is 10.1. The quantitative estimate of drug-likeness (QED) is 0.586. The summed E-state index contributed by atoms with van der Waals surface area (Å²) in [6.07, 6.45) is 6.08. The molecule has 1 heterocycles. The molecule has 0 bridgehead atoms. The lowest BCUT2D eigenvalue weighted by Crippen LogP contribution is -2.26. The van der Waals surface area contributed by atoms with Gasteiger partial charge < -0.3 is 4.74 Å². The van der Waals surface area contributed by atoms with Crippen LogP contribution in [-0.2, 0) is 0 Å². The molecule has 0 spiro atoms. The molecule has 13 heavy (non-hydrogen) atoms. The normalized spacial score (nSPS) is 18.6. The van der Waals surface area contributed by atoms with Gasteiger partial charge in [-0.15, -0.1) is 0 Å². The molecule has 0 aliphatic carbocycles. The number of hydrogen-bond donors (Lipinski definition) is 0. The Balaban J connectivity index is 2.43. The van der Waals surface area contributed by atoms with Crippen molar-refractivity contribution in [3.05, 3.63) is 35.9 Å². The second-order valence-electron chi connectivity index (χ2n) is 3.92. The molecule has 0 saturated carbocycles. The van der Waals surface area contributed by atoms with Crippen molar-refractivity contribution in [3.8, 4) is 5.75 Å². The first-order chi connectivity index (χ1) is 6.17. The van der Waals surface area contributed by atoms with Crippen LogP contribution in [0.25, 0.3) is 6.08 Å². The number of hydrogen-bond acceptors (Lipinski definition) is 1. The first kappa shape index (κ1) is 8.36. The molecule has 1 aromatic carbocycles. The summed E-state index contributed by atoms with van der Waals surface area (Å²) in [5.41, 5.74) is 0.983. The molecule has 0 aromatic heterocycles. The van der Waals surface area contributed by atoms with E-state index in [0.717, 1.165) is 17.7 Å². The standard InChI is InChI=1S/C12H13O/c1-12(2)9-5-7-10-6-3-4-8-11(10)13-12/h3-4,6-8H,9H2,1-2H3. The van der Waals surface area contributed by atoms with Gasteiger partial charge in [-0.1, -0.05) is 18.2 Å². The lowest BCUT2D eigenvalue weighted by molar-refractivity contribution is 0.113. The molecule has 0 amide bonds. The van der Waals surface area contributed by atoms with Crippen LogP contribution >= 0.6 is 0 Å². The van der Waals surface area contributed by atoms with E-state index < -0.39 is 0 Å². The van der Waals surface area contributed by atoms with Crippen molar-refractivity contribution in [1.82, 2.24) is 0 Å². The molecule has 0 saturated heterocycles. The van der Waals surface area contributed by atoms with Crippen molar-refractivity contribution in [3.63, 3.8) is 0 Å². The summed E-state index contributed by atoms with van der Waals surface area (Å²) in [6.45, 7) is 4.16. The van der Waals surface area contributed by atoms with Gasteiger partial charge in [-0.3, -0.25) is 0 Å². The second-order valence-corrected chi connectivity index (χ2v) is 3.92. The fraction of sp³-hybridized carbons (Fsp3) is 0.333. The van der Waals surface area contributed by atoms with E-state index in [9.17, 15) is 0 Å². The summed E-state index contributed by atoms with van der Waals surface area (Å²) in [5.74, 6) is 0.956. The van der Waals surface area contributed by atoms with E-state index in [1.54, 1.807) is 0 Å². The summed E-state index contributed by atoms with van der Waals surface area (Å²) < 4.78 is 5.85. The number of fused-ring (bicyclic) bond motifs is 1. The Morgan fingerprint density at radius 1 is 1.31 bits per heavy atom. The minimum Gasteiger partial charge on any atom is -0.487 e. The van der Waals surface area contributed by atoms with Crippen LogP contribution in [0.1, 0.15) is 25.8 Å². The maximum atomic E-state index is 5.85. The molecule has 0 unspecified atom stereocenters. The number of rotatable bonds is 0. The highest BCUT2D eigenvalue weighted by Crippen LogP contribution is 2.29. The van der Waals surface area contributed by atoms with Crippen molar-refractivity contribution in [2.24, 2.45) is 0 Å². The van der Waals surface area contributed by atoms with E-state index >= 15 is 0 Å². The van der Waals surface area contributed by atoms with Gasteiger partial charge in [-0.2, -0.15) is 0 Å². The number of ether oxygens (including phenoxy) is 1. The molecule has 67 valence electrons. The summed E-state index contributed by atoms with van der Waals surface area (Å²) in [5, 5.41) is 0. The van der Waals surface area contributed by atoms with Gasteiger partial charge in [0, 0.05) is 12.0 Å².